The van der Waals surface area contributed by atoms with E-state index >= 15 is 0 Å². The quantitative estimate of drug-likeness (QED) is 0.627. The van der Waals surface area contributed by atoms with E-state index in [0.717, 1.165) is 0 Å². The van der Waals surface area contributed by atoms with Crippen molar-refractivity contribution >= 4 is 12.0 Å². The Morgan fingerprint density at radius 1 is 1.47 bits per heavy atom. The van der Waals surface area contributed by atoms with Crippen LogP contribution in [0.25, 0.3) is 0 Å². The summed E-state index contributed by atoms with van der Waals surface area (Å²) >= 11 is 0. The molecule has 17 heavy (non-hydrogen) atoms. The summed E-state index contributed by atoms with van der Waals surface area (Å²) in [5, 5.41) is 11.4. The van der Waals surface area contributed by atoms with Crippen molar-refractivity contribution in [3.8, 4) is 0 Å². The van der Waals surface area contributed by atoms with Crippen LogP contribution in [0.15, 0.2) is 12.7 Å². The van der Waals surface area contributed by atoms with Crippen LogP contribution in [-0.4, -0.2) is 66.7 Å². The molecule has 0 spiro atoms. The summed E-state index contributed by atoms with van der Waals surface area (Å²) in [6, 6.07) is -0.430. The van der Waals surface area contributed by atoms with Gasteiger partial charge < -0.3 is 20.2 Å². The SMILES string of the molecule is C=CCN(CC(=O)O)C(=O)NC(C)CN(C)C. The minimum atomic E-state index is -1.04. The van der Waals surface area contributed by atoms with E-state index in [0.29, 0.717) is 6.54 Å². The number of hydrogen-bond donors (Lipinski definition) is 2. The fraction of sp³-hybridized carbons (Fsp3) is 0.636. The maximum atomic E-state index is 11.7. The third kappa shape index (κ3) is 7.35. The van der Waals surface area contributed by atoms with E-state index in [1.165, 1.54) is 11.0 Å². The van der Waals surface area contributed by atoms with Gasteiger partial charge in [0.05, 0.1) is 0 Å². The molecule has 0 rings (SSSR count). The Balaban J connectivity index is 4.30. The predicted octanol–water partition coefficient (Wildman–Crippen LogP) is 0.219. The zero-order chi connectivity index (χ0) is 13.4. The summed E-state index contributed by atoms with van der Waals surface area (Å²) in [4.78, 5) is 25.5. The molecule has 0 aliphatic rings. The lowest BCUT2D eigenvalue weighted by atomic mass is 10.3. The fourth-order valence-electron chi connectivity index (χ4n) is 1.43. The monoisotopic (exact) mass is 243 g/mol. The summed E-state index contributed by atoms with van der Waals surface area (Å²) in [7, 11) is 3.81. The molecule has 0 saturated heterocycles. The van der Waals surface area contributed by atoms with Gasteiger partial charge in [0, 0.05) is 19.1 Å². The Kier molecular flexibility index (Phi) is 6.97. The molecule has 0 fully saturated rings. The average molecular weight is 243 g/mol. The standard InChI is InChI=1S/C11H21N3O3/c1-5-6-14(8-10(15)16)11(17)12-9(2)7-13(3)4/h5,9H,1,6-8H2,2-4H3,(H,12,17)(H,15,16). The lowest BCUT2D eigenvalue weighted by molar-refractivity contribution is -0.137. The highest BCUT2D eigenvalue weighted by molar-refractivity contribution is 5.80. The second-order valence-corrected chi connectivity index (χ2v) is 4.18. The molecule has 98 valence electrons. The maximum absolute atomic E-state index is 11.7. The minimum absolute atomic E-state index is 0.0430. The first-order valence-corrected chi connectivity index (χ1v) is 5.39. The van der Waals surface area contributed by atoms with E-state index < -0.39 is 5.97 Å². The number of likely N-dealkylation sites (N-methyl/N-ethyl adjacent to an activating group) is 1. The van der Waals surface area contributed by atoms with Crippen molar-refractivity contribution in [1.82, 2.24) is 15.1 Å². The lowest BCUT2D eigenvalue weighted by Crippen LogP contribution is -2.48. The zero-order valence-corrected chi connectivity index (χ0v) is 10.6. The molecular formula is C11H21N3O3. The number of amides is 2. The summed E-state index contributed by atoms with van der Waals surface area (Å²) in [6.07, 6.45) is 1.50. The van der Waals surface area contributed by atoms with Gasteiger partial charge in [-0.05, 0) is 21.0 Å². The van der Waals surface area contributed by atoms with E-state index in [1.54, 1.807) is 0 Å². The van der Waals surface area contributed by atoms with Gasteiger partial charge >= 0.3 is 12.0 Å². The van der Waals surface area contributed by atoms with Gasteiger partial charge in [0.2, 0.25) is 0 Å². The predicted molar refractivity (Wildman–Crippen MR) is 66.0 cm³/mol. The Labute approximate surface area is 102 Å². The maximum Gasteiger partial charge on any atom is 0.323 e. The normalized spacial score (nSPS) is 12.0. The van der Waals surface area contributed by atoms with Crippen molar-refractivity contribution in [1.29, 1.82) is 0 Å². The number of rotatable bonds is 7. The molecule has 1 atom stereocenters. The largest absolute Gasteiger partial charge is 0.480 e. The van der Waals surface area contributed by atoms with Crippen LogP contribution in [0.4, 0.5) is 4.79 Å². The number of urea groups is 1. The summed E-state index contributed by atoms with van der Waals surface area (Å²) in [5.41, 5.74) is 0. The van der Waals surface area contributed by atoms with Crippen LogP contribution in [0.2, 0.25) is 0 Å². The van der Waals surface area contributed by atoms with Crippen LogP contribution >= 0.6 is 0 Å². The number of carbonyl (C=O) groups excluding carboxylic acids is 1. The third-order valence-corrected chi connectivity index (χ3v) is 1.97. The van der Waals surface area contributed by atoms with Crippen molar-refractivity contribution in [2.75, 3.05) is 33.7 Å². The van der Waals surface area contributed by atoms with Crippen LogP contribution in [0.5, 0.6) is 0 Å². The first-order valence-electron chi connectivity index (χ1n) is 5.39. The lowest BCUT2D eigenvalue weighted by Gasteiger charge is -2.24. The molecule has 1 unspecified atom stereocenters. The van der Waals surface area contributed by atoms with Gasteiger partial charge in [-0.2, -0.15) is 0 Å². The van der Waals surface area contributed by atoms with Crippen molar-refractivity contribution < 1.29 is 14.7 Å². The van der Waals surface area contributed by atoms with E-state index in [2.05, 4.69) is 11.9 Å². The smallest absolute Gasteiger partial charge is 0.323 e. The number of nitrogens with one attached hydrogen (secondary N) is 1. The molecule has 0 aliphatic carbocycles. The van der Waals surface area contributed by atoms with Crippen LogP contribution in [0.3, 0.4) is 0 Å². The van der Waals surface area contributed by atoms with E-state index in [4.69, 9.17) is 5.11 Å². The Morgan fingerprint density at radius 3 is 2.47 bits per heavy atom. The minimum Gasteiger partial charge on any atom is -0.480 e. The Hall–Kier alpha value is -1.56. The van der Waals surface area contributed by atoms with Crippen LogP contribution < -0.4 is 5.32 Å². The molecule has 2 amide bonds. The Bertz CT molecular complexity index is 279. The van der Waals surface area contributed by atoms with Crippen LogP contribution in [0.1, 0.15) is 6.92 Å². The molecule has 2 N–H and O–H groups in total. The van der Waals surface area contributed by atoms with Gasteiger partial charge in [-0.3, -0.25) is 4.79 Å². The van der Waals surface area contributed by atoms with Gasteiger partial charge in [0.1, 0.15) is 6.54 Å². The van der Waals surface area contributed by atoms with Gasteiger partial charge in [-0.25, -0.2) is 4.79 Å². The molecule has 0 bridgehead atoms. The van der Waals surface area contributed by atoms with Gasteiger partial charge in [-0.15, -0.1) is 6.58 Å². The molecular weight excluding hydrogens is 222 g/mol. The molecule has 0 aromatic heterocycles. The molecule has 0 radical (unpaired) electrons. The van der Waals surface area contributed by atoms with Crippen LogP contribution in [-0.2, 0) is 4.79 Å². The molecule has 6 heteroatoms. The summed E-state index contributed by atoms with van der Waals surface area (Å²) < 4.78 is 0. The molecule has 0 heterocycles. The topological polar surface area (TPSA) is 72.9 Å². The number of carboxylic acids is 1. The van der Waals surface area contributed by atoms with E-state index in [-0.39, 0.29) is 25.2 Å². The van der Waals surface area contributed by atoms with Crippen molar-refractivity contribution in [3.63, 3.8) is 0 Å². The van der Waals surface area contributed by atoms with Gasteiger partial charge in [0.15, 0.2) is 0 Å². The first kappa shape index (κ1) is 15.4. The van der Waals surface area contributed by atoms with Gasteiger partial charge in [-0.1, -0.05) is 6.08 Å². The summed E-state index contributed by atoms with van der Waals surface area (Å²) in [6.45, 7) is 5.94. The molecule has 0 aromatic rings. The number of hydrogen-bond acceptors (Lipinski definition) is 3. The van der Waals surface area contributed by atoms with Crippen molar-refractivity contribution in [2.24, 2.45) is 0 Å². The highest BCUT2D eigenvalue weighted by Gasteiger charge is 2.17. The zero-order valence-electron chi connectivity index (χ0n) is 10.6. The molecule has 0 aromatic carbocycles. The highest BCUT2D eigenvalue weighted by Crippen LogP contribution is 1.93. The van der Waals surface area contributed by atoms with Crippen molar-refractivity contribution in [3.05, 3.63) is 12.7 Å². The van der Waals surface area contributed by atoms with Crippen molar-refractivity contribution in [2.45, 2.75) is 13.0 Å². The third-order valence-electron chi connectivity index (χ3n) is 1.97. The molecule has 0 aliphatic heterocycles. The van der Waals surface area contributed by atoms with E-state index in [1.807, 2.05) is 25.9 Å². The second-order valence-electron chi connectivity index (χ2n) is 4.18. The number of aliphatic carboxylic acids is 1. The number of nitrogens with zero attached hydrogens (tertiary/aromatic N) is 2. The van der Waals surface area contributed by atoms with Crippen LogP contribution in [0, 0.1) is 0 Å². The molecule has 6 nitrogen and oxygen atoms in total. The van der Waals surface area contributed by atoms with Gasteiger partial charge in [0.25, 0.3) is 0 Å². The number of carboxylic acid groups (broad SMARTS) is 1. The fourth-order valence-corrected chi connectivity index (χ4v) is 1.43. The highest BCUT2D eigenvalue weighted by atomic mass is 16.4. The first-order chi connectivity index (χ1) is 7.86. The molecule has 0 saturated carbocycles. The Morgan fingerprint density at radius 2 is 2.06 bits per heavy atom. The summed E-state index contributed by atoms with van der Waals surface area (Å²) in [5.74, 6) is -1.04. The van der Waals surface area contributed by atoms with E-state index in [9.17, 15) is 9.59 Å². The second kappa shape index (κ2) is 7.67. The average Bonchev–Trinajstić information content (AvgIpc) is 2.14. The number of carbonyl (C=O) groups is 2.